The average molecular weight is 303 g/mol. The number of nitrogens with one attached hydrogen (secondary N) is 1. The van der Waals surface area contributed by atoms with Gasteiger partial charge in [0.15, 0.2) is 0 Å². The van der Waals surface area contributed by atoms with E-state index in [4.69, 9.17) is 17.3 Å². The van der Waals surface area contributed by atoms with E-state index in [9.17, 15) is 21.6 Å². The average Bonchev–Trinajstić information content (AvgIpc) is 2.25. The molecule has 0 atom stereocenters. The Bertz CT molecular complexity index is 531. The largest absolute Gasteiger partial charge is 0.402 e. The van der Waals surface area contributed by atoms with E-state index in [1.54, 1.807) is 0 Å². The summed E-state index contributed by atoms with van der Waals surface area (Å²) in [4.78, 5) is -0.411. The topological polar surface area (TPSA) is 72.2 Å². The van der Waals surface area contributed by atoms with E-state index in [0.717, 1.165) is 6.07 Å². The summed E-state index contributed by atoms with van der Waals surface area (Å²) in [6.07, 6.45) is -4.63. The number of nitrogens with two attached hydrogens (primary N) is 1. The number of rotatable bonds is 4. The van der Waals surface area contributed by atoms with Gasteiger partial charge in [0.1, 0.15) is 11.4 Å². The van der Waals surface area contributed by atoms with Crippen molar-refractivity contribution in [2.75, 3.05) is 6.54 Å². The molecule has 0 aromatic heterocycles. The predicted octanol–water partition coefficient (Wildman–Crippen LogP) is 1.64. The van der Waals surface area contributed by atoms with Gasteiger partial charge in [-0.15, -0.1) is 0 Å². The summed E-state index contributed by atoms with van der Waals surface area (Å²) in [6, 6.07) is 3.79. The molecule has 0 unspecified atom stereocenters. The standard InChI is InChI=1S/C9H10ClF3N2O2S/c10-7-3-6(4-14)1-2-8(7)18(16,17)15-5-9(11,12)13/h1-3,15H,4-5,14H2. The summed E-state index contributed by atoms with van der Waals surface area (Å²) in [6.45, 7) is -1.50. The Morgan fingerprint density at radius 2 is 1.94 bits per heavy atom. The van der Waals surface area contributed by atoms with Crippen molar-refractivity contribution in [1.82, 2.24) is 4.72 Å². The fourth-order valence-corrected chi connectivity index (χ4v) is 2.72. The number of hydrogen-bond acceptors (Lipinski definition) is 3. The highest BCUT2D eigenvalue weighted by Crippen LogP contribution is 2.23. The quantitative estimate of drug-likeness (QED) is 0.888. The first-order chi connectivity index (χ1) is 8.15. The molecule has 1 aromatic rings. The molecule has 18 heavy (non-hydrogen) atoms. The van der Waals surface area contributed by atoms with Crippen LogP contribution in [0.5, 0.6) is 0 Å². The maximum Gasteiger partial charge on any atom is 0.402 e. The summed E-state index contributed by atoms with van der Waals surface area (Å²) < 4.78 is 60.4. The highest BCUT2D eigenvalue weighted by atomic mass is 35.5. The number of hydrogen-bond donors (Lipinski definition) is 2. The third kappa shape index (κ3) is 4.13. The van der Waals surface area contributed by atoms with Crippen molar-refractivity contribution < 1.29 is 21.6 Å². The van der Waals surface area contributed by atoms with Crippen molar-refractivity contribution in [3.05, 3.63) is 28.8 Å². The minimum absolute atomic E-state index is 0.149. The Labute approximate surface area is 107 Å². The minimum atomic E-state index is -4.63. The van der Waals surface area contributed by atoms with E-state index in [1.165, 1.54) is 16.9 Å². The molecule has 0 fully saturated rings. The van der Waals surface area contributed by atoms with Gasteiger partial charge in [-0.3, -0.25) is 0 Å². The highest BCUT2D eigenvalue weighted by Gasteiger charge is 2.30. The zero-order valence-electron chi connectivity index (χ0n) is 8.96. The first-order valence-corrected chi connectivity index (χ1v) is 6.57. The van der Waals surface area contributed by atoms with Gasteiger partial charge in [0.2, 0.25) is 10.0 Å². The van der Waals surface area contributed by atoms with Crippen molar-refractivity contribution >= 4 is 21.6 Å². The monoisotopic (exact) mass is 302 g/mol. The van der Waals surface area contributed by atoms with Gasteiger partial charge in [0.25, 0.3) is 0 Å². The van der Waals surface area contributed by atoms with Gasteiger partial charge in [-0.2, -0.15) is 13.2 Å². The molecular formula is C9H10ClF3N2O2S. The molecule has 0 aliphatic heterocycles. The smallest absolute Gasteiger partial charge is 0.326 e. The Kier molecular flexibility index (Phi) is 4.60. The Hall–Kier alpha value is -0.830. The molecular weight excluding hydrogens is 293 g/mol. The molecule has 0 spiro atoms. The number of halogens is 4. The van der Waals surface area contributed by atoms with Gasteiger partial charge in [0, 0.05) is 6.54 Å². The molecule has 1 rings (SSSR count). The lowest BCUT2D eigenvalue weighted by molar-refractivity contribution is -0.121. The van der Waals surface area contributed by atoms with Crippen LogP contribution in [0.3, 0.4) is 0 Å². The Balaban J connectivity index is 2.99. The van der Waals surface area contributed by atoms with E-state index < -0.39 is 27.6 Å². The molecule has 0 saturated heterocycles. The van der Waals surface area contributed by atoms with Crippen molar-refractivity contribution in [3.8, 4) is 0 Å². The fourth-order valence-electron chi connectivity index (χ4n) is 1.14. The van der Waals surface area contributed by atoms with Crippen molar-refractivity contribution in [2.24, 2.45) is 5.73 Å². The third-order valence-corrected chi connectivity index (χ3v) is 3.87. The number of alkyl halides is 3. The normalized spacial score (nSPS) is 12.7. The van der Waals surface area contributed by atoms with Crippen LogP contribution in [-0.4, -0.2) is 21.1 Å². The molecule has 0 radical (unpaired) electrons. The molecule has 0 bridgehead atoms. The summed E-state index contributed by atoms with van der Waals surface area (Å²) >= 11 is 5.69. The van der Waals surface area contributed by atoms with Gasteiger partial charge in [-0.1, -0.05) is 17.7 Å². The minimum Gasteiger partial charge on any atom is -0.326 e. The number of benzene rings is 1. The summed E-state index contributed by atoms with van der Waals surface area (Å²) in [5.41, 5.74) is 5.90. The van der Waals surface area contributed by atoms with Crippen LogP contribution < -0.4 is 10.5 Å². The van der Waals surface area contributed by atoms with Crippen LogP contribution in [-0.2, 0) is 16.6 Å². The molecule has 3 N–H and O–H groups in total. The van der Waals surface area contributed by atoms with Crippen LogP contribution in [0.15, 0.2) is 23.1 Å². The van der Waals surface area contributed by atoms with Gasteiger partial charge >= 0.3 is 6.18 Å². The van der Waals surface area contributed by atoms with E-state index in [2.05, 4.69) is 0 Å². The van der Waals surface area contributed by atoms with E-state index in [-0.39, 0.29) is 11.6 Å². The maximum absolute atomic E-state index is 11.9. The number of sulfonamides is 1. The summed E-state index contributed by atoms with van der Waals surface area (Å²) in [5.74, 6) is 0. The second-order valence-electron chi connectivity index (χ2n) is 3.41. The molecule has 0 saturated carbocycles. The van der Waals surface area contributed by atoms with Gasteiger partial charge in [-0.25, -0.2) is 13.1 Å². The van der Waals surface area contributed by atoms with E-state index >= 15 is 0 Å². The van der Waals surface area contributed by atoms with E-state index in [0.29, 0.717) is 5.56 Å². The molecule has 0 amide bonds. The molecule has 4 nitrogen and oxygen atoms in total. The van der Waals surface area contributed by atoms with Crippen LogP contribution in [0, 0.1) is 0 Å². The first kappa shape index (κ1) is 15.2. The Morgan fingerprint density at radius 1 is 1.33 bits per heavy atom. The maximum atomic E-state index is 11.9. The van der Waals surface area contributed by atoms with Crippen LogP contribution in [0.25, 0.3) is 0 Å². The van der Waals surface area contributed by atoms with Crippen molar-refractivity contribution in [2.45, 2.75) is 17.6 Å². The lowest BCUT2D eigenvalue weighted by atomic mass is 10.2. The molecule has 102 valence electrons. The van der Waals surface area contributed by atoms with Crippen LogP contribution in [0.2, 0.25) is 5.02 Å². The van der Waals surface area contributed by atoms with Gasteiger partial charge < -0.3 is 5.73 Å². The molecule has 9 heteroatoms. The molecule has 0 aliphatic rings. The van der Waals surface area contributed by atoms with Crippen LogP contribution in [0.1, 0.15) is 5.56 Å². The second-order valence-corrected chi connectivity index (χ2v) is 5.55. The summed E-state index contributed by atoms with van der Waals surface area (Å²) in [7, 11) is -4.29. The highest BCUT2D eigenvalue weighted by molar-refractivity contribution is 7.89. The molecule has 0 aliphatic carbocycles. The first-order valence-electron chi connectivity index (χ1n) is 4.70. The predicted molar refractivity (Wildman–Crippen MR) is 60.6 cm³/mol. The zero-order chi connectivity index (χ0) is 14.0. The van der Waals surface area contributed by atoms with Crippen molar-refractivity contribution in [1.29, 1.82) is 0 Å². The SMILES string of the molecule is NCc1ccc(S(=O)(=O)NCC(F)(F)F)c(Cl)c1. The van der Waals surface area contributed by atoms with Gasteiger partial charge in [-0.05, 0) is 17.7 Å². The van der Waals surface area contributed by atoms with Crippen LogP contribution >= 0.6 is 11.6 Å². The third-order valence-electron chi connectivity index (χ3n) is 1.98. The van der Waals surface area contributed by atoms with Gasteiger partial charge in [0.05, 0.1) is 5.02 Å². The second kappa shape index (κ2) is 5.43. The molecule has 0 heterocycles. The lowest BCUT2D eigenvalue weighted by Gasteiger charge is -2.11. The Morgan fingerprint density at radius 3 is 2.39 bits per heavy atom. The fraction of sp³-hybridized carbons (Fsp3) is 0.333. The zero-order valence-corrected chi connectivity index (χ0v) is 10.5. The molecule has 1 aromatic carbocycles. The van der Waals surface area contributed by atoms with Crippen molar-refractivity contribution in [3.63, 3.8) is 0 Å². The lowest BCUT2D eigenvalue weighted by Crippen LogP contribution is -2.33. The van der Waals surface area contributed by atoms with E-state index in [1.807, 2.05) is 0 Å². The van der Waals surface area contributed by atoms with Crippen LogP contribution in [0.4, 0.5) is 13.2 Å². The summed E-state index contributed by atoms with van der Waals surface area (Å²) in [5, 5.41) is -0.173.